The number of unbranched alkanes of at least 4 members (excludes halogenated alkanes) is 22. The highest BCUT2D eigenvalue weighted by molar-refractivity contribution is 7.45. The SMILES string of the molecule is CCCC/C=C\CCCCCCCC(=O)OC(/C=C\CCCCCCCCCCC)C(COP(=O)([O-])OCC[N+](C)(C)C)NC(=O)CCCCC/C=C\C/C=C\C/C=C\C/C=C\CCCCC. The molecule has 0 aromatic heterocycles. The summed E-state index contributed by atoms with van der Waals surface area (Å²) in [6.45, 7) is 6.71. The lowest BCUT2D eigenvalue weighted by molar-refractivity contribution is -0.870. The minimum absolute atomic E-state index is 0.0327. The first-order valence-electron chi connectivity index (χ1n) is 27.2. The van der Waals surface area contributed by atoms with Crippen molar-refractivity contribution in [3.63, 3.8) is 0 Å². The quantitative estimate of drug-likeness (QED) is 0.0212. The minimum atomic E-state index is -4.70. The van der Waals surface area contributed by atoms with Crippen molar-refractivity contribution in [1.82, 2.24) is 5.32 Å². The molecule has 3 atom stereocenters. The van der Waals surface area contributed by atoms with Crippen LogP contribution < -0.4 is 10.2 Å². The van der Waals surface area contributed by atoms with E-state index in [0.717, 1.165) is 96.3 Å². The molecule has 0 aromatic rings. The predicted octanol–water partition coefficient (Wildman–Crippen LogP) is 15.5. The monoisotopic (exact) mass is 959 g/mol. The molecule has 9 nitrogen and oxygen atoms in total. The summed E-state index contributed by atoms with van der Waals surface area (Å²) in [5, 5.41) is 2.99. The first-order valence-corrected chi connectivity index (χ1v) is 28.7. The van der Waals surface area contributed by atoms with Crippen LogP contribution in [-0.2, 0) is 27.9 Å². The molecule has 0 saturated carbocycles. The van der Waals surface area contributed by atoms with Gasteiger partial charge in [-0.3, -0.25) is 14.2 Å². The average molecular weight is 959 g/mol. The lowest BCUT2D eigenvalue weighted by atomic mass is 10.1. The molecule has 0 rings (SSSR count). The number of ether oxygens (including phenoxy) is 1. The molecule has 67 heavy (non-hydrogen) atoms. The number of carbonyl (C=O) groups is 2. The van der Waals surface area contributed by atoms with Crippen molar-refractivity contribution < 1.29 is 37.3 Å². The van der Waals surface area contributed by atoms with E-state index in [1.807, 2.05) is 33.3 Å². The summed E-state index contributed by atoms with van der Waals surface area (Å²) in [6.07, 6.45) is 58.7. The van der Waals surface area contributed by atoms with Gasteiger partial charge in [0, 0.05) is 12.8 Å². The van der Waals surface area contributed by atoms with Crippen molar-refractivity contribution in [3.8, 4) is 0 Å². The van der Waals surface area contributed by atoms with E-state index < -0.39 is 26.6 Å². The number of quaternary nitrogens is 1. The number of allylic oxidation sites excluding steroid dienone is 11. The smallest absolute Gasteiger partial charge is 0.306 e. The van der Waals surface area contributed by atoms with E-state index in [2.05, 4.69) is 86.8 Å². The van der Waals surface area contributed by atoms with Crippen LogP contribution in [0.2, 0.25) is 0 Å². The molecule has 0 radical (unpaired) electrons. The van der Waals surface area contributed by atoms with Crippen LogP contribution >= 0.6 is 7.82 Å². The number of phosphoric ester groups is 1. The zero-order valence-corrected chi connectivity index (χ0v) is 45.0. The van der Waals surface area contributed by atoms with Gasteiger partial charge in [-0.2, -0.15) is 0 Å². The summed E-state index contributed by atoms with van der Waals surface area (Å²) in [4.78, 5) is 39.7. The molecule has 0 saturated heterocycles. The maximum absolute atomic E-state index is 13.4. The van der Waals surface area contributed by atoms with E-state index in [-0.39, 0.29) is 31.3 Å². The predicted molar refractivity (Wildman–Crippen MR) is 284 cm³/mol. The second-order valence-electron chi connectivity index (χ2n) is 19.4. The fourth-order valence-corrected chi connectivity index (χ4v) is 8.03. The number of nitrogens with zero attached hydrogens (tertiary/aromatic N) is 1. The molecule has 0 aliphatic carbocycles. The Kier molecular flexibility index (Phi) is 45.3. The van der Waals surface area contributed by atoms with Gasteiger partial charge < -0.3 is 28.5 Å². The van der Waals surface area contributed by atoms with Crippen LogP contribution in [0.15, 0.2) is 72.9 Å². The first-order chi connectivity index (χ1) is 32.4. The zero-order valence-electron chi connectivity index (χ0n) is 44.1. The summed E-state index contributed by atoms with van der Waals surface area (Å²) in [5.74, 6) is -0.594. The summed E-state index contributed by atoms with van der Waals surface area (Å²) < 4.78 is 30.1. The number of carbonyl (C=O) groups excluding carboxylic acids is 2. The van der Waals surface area contributed by atoms with E-state index in [4.69, 9.17) is 13.8 Å². The van der Waals surface area contributed by atoms with Crippen molar-refractivity contribution in [2.75, 3.05) is 40.9 Å². The highest BCUT2D eigenvalue weighted by Gasteiger charge is 2.27. The molecule has 0 aliphatic rings. The molecule has 0 bridgehead atoms. The number of nitrogens with one attached hydrogen (secondary N) is 1. The number of likely N-dealkylation sites (N-methyl/N-ethyl adjacent to an activating group) is 1. The van der Waals surface area contributed by atoms with Gasteiger partial charge >= 0.3 is 5.97 Å². The van der Waals surface area contributed by atoms with Crippen LogP contribution in [0.25, 0.3) is 0 Å². The van der Waals surface area contributed by atoms with Crippen LogP contribution in [0.4, 0.5) is 0 Å². The first kappa shape index (κ1) is 64.5. The van der Waals surface area contributed by atoms with Gasteiger partial charge in [-0.05, 0) is 96.0 Å². The number of esters is 1. The second kappa shape index (κ2) is 47.1. The van der Waals surface area contributed by atoms with Gasteiger partial charge in [0.1, 0.15) is 19.3 Å². The molecule has 0 spiro atoms. The third-order valence-corrected chi connectivity index (χ3v) is 12.6. The Balaban J connectivity index is 5.40. The number of hydrogen-bond acceptors (Lipinski definition) is 7. The normalized spacial score (nSPS) is 14.4. The van der Waals surface area contributed by atoms with Crippen LogP contribution in [0.5, 0.6) is 0 Å². The van der Waals surface area contributed by atoms with E-state index in [1.165, 1.54) is 83.5 Å². The molecule has 0 aromatic carbocycles. The lowest BCUT2D eigenvalue weighted by Crippen LogP contribution is -2.47. The molecular formula is C57H103N2O7P. The highest BCUT2D eigenvalue weighted by Crippen LogP contribution is 2.38. The van der Waals surface area contributed by atoms with Crippen molar-refractivity contribution in [2.45, 2.75) is 238 Å². The Bertz CT molecular complexity index is 1380. The summed E-state index contributed by atoms with van der Waals surface area (Å²) in [5.41, 5.74) is 0. The zero-order chi connectivity index (χ0) is 49.4. The van der Waals surface area contributed by atoms with Crippen molar-refractivity contribution >= 4 is 19.7 Å². The van der Waals surface area contributed by atoms with Gasteiger partial charge in [0.05, 0.1) is 33.8 Å². The molecular weight excluding hydrogens is 856 g/mol. The molecule has 0 aliphatic heterocycles. The van der Waals surface area contributed by atoms with Gasteiger partial charge in [0.25, 0.3) is 7.82 Å². The largest absolute Gasteiger partial charge is 0.756 e. The van der Waals surface area contributed by atoms with Crippen LogP contribution in [0.1, 0.15) is 226 Å². The number of phosphoric acid groups is 1. The topological polar surface area (TPSA) is 114 Å². The summed E-state index contributed by atoms with van der Waals surface area (Å²) in [7, 11) is 1.15. The molecule has 10 heteroatoms. The molecule has 0 heterocycles. The van der Waals surface area contributed by atoms with E-state index in [0.29, 0.717) is 23.9 Å². The molecule has 3 unspecified atom stereocenters. The fourth-order valence-electron chi connectivity index (χ4n) is 7.31. The Morgan fingerprint density at radius 3 is 1.46 bits per heavy atom. The fraction of sp³-hybridized carbons (Fsp3) is 0.754. The Labute approximate surface area is 413 Å². The Morgan fingerprint density at radius 2 is 0.925 bits per heavy atom. The number of amides is 1. The third kappa shape index (κ3) is 48.3. The standard InChI is InChI=1S/C57H103N2O7P/c1-7-10-13-16-19-22-25-26-27-28-29-30-31-32-35-37-40-43-46-49-56(60)58-54(53-65-67(62,63)64-52-51-59(4,5)6)55(48-45-42-39-36-33-23-20-17-14-11-8-2)66-57(61)50-47-44-41-38-34-24-21-18-15-12-9-3/h18-19,21-22,26-27,29-30,32,35,45,48,54-55H,7-17,20,23-25,28,31,33-34,36-44,46-47,49-53H2,1-6H3,(H-,58,60,62,63)/b21-18-,22-19-,27-26-,30-29-,35-32-,48-45-. The maximum atomic E-state index is 13.4. The molecule has 1 amide bonds. The van der Waals surface area contributed by atoms with Gasteiger partial charge in [-0.25, -0.2) is 0 Å². The molecule has 1 N–H and O–H groups in total. The maximum Gasteiger partial charge on any atom is 0.306 e. The van der Waals surface area contributed by atoms with Crippen LogP contribution in [0, 0.1) is 0 Å². The lowest BCUT2D eigenvalue weighted by Gasteiger charge is -2.30. The van der Waals surface area contributed by atoms with Gasteiger partial charge in [0.2, 0.25) is 5.91 Å². The molecule has 0 fully saturated rings. The van der Waals surface area contributed by atoms with Crippen LogP contribution in [-0.4, -0.2) is 69.4 Å². The second-order valence-corrected chi connectivity index (χ2v) is 20.8. The van der Waals surface area contributed by atoms with Gasteiger partial charge in [-0.1, -0.05) is 190 Å². The van der Waals surface area contributed by atoms with Crippen LogP contribution in [0.3, 0.4) is 0 Å². The van der Waals surface area contributed by atoms with Crippen molar-refractivity contribution in [3.05, 3.63) is 72.9 Å². The summed E-state index contributed by atoms with van der Waals surface area (Å²) in [6, 6.07) is -0.908. The van der Waals surface area contributed by atoms with E-state index in [9.17, 15) is 19.0 Å². The Morgan fingerprint density at radius 1 is 0.522 bits per heavy atom. The van der Waals surface area contributed by atoms with E-state index in [1.54, 1.807) is 0 Å². The third-order valence-electron chi connectivity index (χ3n) is 11.6. The number of rotatable bonds is 48. The van der Waals surface area contributed by atoms with E-state index >= 15 is 0 Å². The average Bonchev–Trinajstić information content (AvgIpc) is 3.28. The number of hydrogen-bond donors (Lipinski definition) is 1. The molecule has 388 valence electrons. The highest BCUT2D eigenvalue weighted by atomic mass is 31.2. The summed E-state index contributed by atoms with van der Waals surface area (Å²) >= 11 is 0. The van der Waals surface area contributed by atoms with Gasteiger partial charge in [-0.15, -0.1) is 0 Å². The Hall–Kier alpha value is -2.55. The van der Waals surface area contributed by atoms with Crippen molar-refractivity contribution in [2.24, 2.45) is 0 Å². The van der Waals surface area contributed by atoms with Crippen molar-refractivity contribution in [1.29, 1.82) is 0 Å². The minimum Gasteiger partial charge on any atom is -0.756 e. The van der Waals surface area contributed by atoms with Gasteiger partial charge in [0.15, 0.2) is 0 Å².